The molecular weight excluding hydrogens is 442 g/mol. The number of hydrogen-bond donors (Lipinski definition) is 3. The Hall–Kier alpha value is -3.69. The highest BCUT2D eigenvalue weighted by atomic mass is 35.5. The number of anilines is 2. The van der Waals surface area contributed by atoms with Crippen molar-refractivity contribution < 1.29 is 5.11 Å². The van der Waals surface area contributed by atoms with Crippen molar-refractivity contribution in [2.24, 2.45) is 7.05 Å². The first-order valence-corrected chi connectivity index (χ1v) is 10.8. The Morgan fingerprint density at radius 3 is 2.79 bits per heavy atom. The van der Waals surface area contributed by atoms with Gasteiger partial charge in [0.1, 0.15) is 16.9 Å². The molecule has 1 aliphatic heterocycles. The van der Waals surface area contributed by atoms with Crippen LogP contribution < -0.4 is 16.5 Å². The van der Waals surface area contributed by atoms with Crippen LogP contribution in [0.1, 0.15) is 11.1 Å². The summed E-state index contributed by atoms with van der Waals surface area (Å²) in [5.74, 6) is 0.123. The van der Waals surface area contributed by atoms with Crippen LogP contribution in [0.15, 0.2) is 47.4 Å². The van der Waals surface area contributed by atoms with Gasteiger partial charge in [-0.1, -0.05) is 23.7 Å². The fourth-order valence-corrected chi connectivity index (χ4v) is 4.40. The average Bonchev–Trinajstić information content (AvgIpc) is 2.79. The Balaban J connectivity index is 1.58. The van der Waals surface area contributed by atoms with Crippen LogP contribution in [0.4, 0.5) is 11.6 Å². The van der Waals surface area contributed by atoms with E-state index in [1.807, 2.05) is 6.07 Å². The molecule has 2 aromatic carbocycles. The van der Waals surface area contributed by atoms with Gasteiger partial charge in [-0.05, 0) is 48.9 Å². The van der Waals surface area contributed by atoms with E-state index in [1.165, 1.54) is 28.0 Å². The van der Waals surface area contributed by atoms with E-state index in [4.69, 9.17) is 17.0 Å². The molecule has 4 aromatic rings. The Bertz CT molecular complexity index is 1510. The van der Waals surface area contributed by atoms with Crippen LogP contribution in [0.3, 0.4) is 0 Å². The van der Waals surface area contributed by atoms with Crippen LogP contribution in [0, 0.1) is 5.41 Å². The summed E-state index contributed by atoms with van der Waals surface area (Å²) in [7, 11) is 3.67. The average molecular weight is 464 g/mol. The number of nitrogens with zero attached hydrogens (tertiary/aromatic N) is 5. The summed E-state index contributed by atoms with van der Waals surface area (Å²) in [5.41, 5.74) is 3.08. The molecule has 3 N–H and O–H groups in total. The number of phenolic OH excluding ortho intramolecular Hbond substituents is 1. The minimum absolute atomic E-state index is 0.0496. The van der Waals surface area contributed by atoms with Crippen molar-refractivity contribution in [3.8, 4) is 11.4 Å². The lowest BCUT2D eigenvalue weighted by Crippen LogP contribution is -2.38. The normalized spacial score (nSPS) is 13.8. The molecule has 0 bridgehead atoms. The summed E-state index contributed by atoms with van der Waals surface area (Å²) in [6.45, 7) is 1.94. The fraction of sp³-hybridized carbons (Fsp3) is 0.217. The van der Waals surface area contributed by atoms with E-state index >= 15 is 0 Å². The number of nitrogens with one attached hydrogen (secondary N) is 2. The number of para-hydroxylation sites is 1. The maximum atomic E-state index is 13.1. The second-order valence-corrected chi connectivity index (χ2v) is 8.57. The summed E-state index contributed by atoms with van der Waals surface area (Å²) in [4.78, 5) is 24.3. The largest absolute Gasteiger partial charge is 0.506 e. The molecule has 0 fully saturated rings. The Labute approximate surface area is 194 Å². The Morgan fingerprint density at radius 1 is 1.18 bits per heavy atom. The predicted octanol–water partition coefficient (Wildman–Crippen LogP) is 2.69. The maximum Gasteiger partial charge on any atom is 0.335 e. The van der Waals surface area contributed by atoms with Crippen molar-refractivity contribution in [2.75, 3.05) is 18.9 Å². The molecule has 3 heterocycles. The number of phenols is 1. The van der Waals surface area contributed by atoms with E-state index in [0.717, 1.165) is 29.8 Å². The maximum absolute atomic E-state index is 13.1. The molecule has 1 aliphatic rings. The number of rotatable bonds is 3. The number of likely N-dealkylation sites (N-methyl/N-ethyl adjacent to an activating group) is 1. The zero-order valence-corrected chi connectivity index (χ0v) is 18.9. The van der Waals surface area contributed by atoms with Crippen LogP contribution in [0.2, 0.25) is 5.02 Å². The highest BCUT2D eigenvalue weighted by Crippen LogP contribution is 2.28. The smallest absolute Gasteiger partial charge is 0.335 e. The Kier molecular flexibility index (Phi) is 5.15. The van der Waals surface area contributed by atoms with Crippen LogP contribution in [-0.4, -0.2) is 42.7 Å². The summed E-state index contributed by atoms with van der Waals surface area (Å²) in [5, 5.41) is 22.6. The molecule has 0 saturated carbocycles. The molecule has 5 rings (SSSR count). The monoisotopic (exact) mass is 463 g/mol. The first kappa shape index (κ1) is 21.2. The molecule has 33 heavy (non-hydrogen) atoms. The number of halogens is 1. The summed E-state index contributed by atoms with van der Waals surface area (Å²) in [6.07, 6.45) is 2.47. The molecule has 2 aromatic heterocycles. The van der Waals surface area contributed by atoms with Gasteiger partial charge >= 0.3 is 5.69 Å². The van der Waals surface area contributed by atoms with Crippen molar-refractivity contribution in [2.45, 2.75) is 13.0 Å². The van der Waals surface area contributed by atoms with E-state index in [1.54, 1.807) is 19.2 Å². The van der Waals surface area contributed by atoms with Gasteiger partial charge in [0.05, 0.1) is 10.4 Å². The molecule has 0 saturated heterocycles. The fourth-order valence-electron chi connectivity index (χ4n) is 4.15. The topological polar surface area (TPSA) is 112 Å². The van der Waals surface area contributed by atoms with Crippen molar-refractivity contribution in [1.29, 1.82) is 5.41 Å². The van der Waals surface area contributed by atoms with Crippen molar-refractivity contribution in [3.63, 3.8) is 0 Å². The van der Waals surface area contributed by atoms with E-state index in [2.05, 4.69) is 39.4 Å². The van der Waals surface area contributed by atoms with Gasteiger partial charge in [-0.15, -0.1) is 0 Å². The van der Waals surface area contributed by atoms with E-state index in [9.17, 15) is 9.90 Å². The predicted molar refractivity (Wildman–Crippen MR) is 126 cm³/mol. The second kappa shape index (κ2) is 8.02. The minimum atomic E-state index is -0.557. The molecule has 0 atom stereocenters. The first-order valence-electron chi connectivity index (χ1n) is 10.4. The first-order chi connectivity index (χ1) is 15.8. The van der Waals surface area contributed by atoms with Gasteiger partial charge in [0.2, 0.25) is 5.95 Å². The summed E-state index contributed by atoms with van der Waals surface area (Å²) < 4.78 is 2.36. The summed E-state index contributed by atoms with van der Waals surface area (Å²) in [6, 6.07) is 10.7. The summed E-state index contributed by atoms with van der Waals surface area (Å²) >= 11 is 6.23. The highest BCUT2D eigenvalue weighted by molar-refractivity contribution is 6.32. The number of aryl methyl sites for hydroxylation is 1. The van der Waals surface area contributed by atoms with Gasteiger partial charge in [-0.3, -0.25) is 9.98 Å². The van der Waals surface area contributed by atoms with Gasteiger partial charge < -0.3 is 15.3 Å². The van der Waals surface area contributed by atoms with Crippen molar-refractivity contribution >= 4 is 34.3 Å². The molecule has 10 heteroatoms. The van der Waals surface area contributed by atoms with Crippen LogP contribution in [0.25, 0.3) is 16.7 Å². The molecule has 9 nitrogen and oxygen atoms in total. The standard InChI is InChI=1S/C23H22ClN7O2/c1-29-9-8-13-10-15(7-6-14(13)12-29)27-22-26-11-16-20(25)31(23(33)30(2)21(16)28-22)19-17(24)4-3-5-18(19)32/h3-7,10-11,25,32H,8-9,12H2,1-2H3,(H,26,27,28). The zero-order chi connectivity index (χ0) is 23.3. The molecule has 0 aliphatic carbocycles. The Morgan fingerprint density at radius 2 is 2.00 bits per heavy atom. The van der Waals surface area contributed by atoms with Crippen molar-refractivity contribution in [1.82, 2.24) is 24.0 Å². The molecule has 0 radical (unpaired) electrons. The van der Waals surface area contributed by atoms with E-state index < -0.39 is 5.69 Å². The molecule has 0 spiro atoms. The van der Waals surface area contributed by atoms with Gasteiger partial charge in [0.15, 0.2) is 5.65 Å². The lowest BCUT2D eigenvalue weighted by atomic mass is 9.99. The third kappa shape index (κ3) is 3.65. The molecule has 0 amide bonds. The molecule has 168 valence electrons. The van der Waals surface area contributed by atoms with Crippen LogP contribution in [0.5, 0.6) is 5.75 Å². The van der Waals surface area contributed by atoms with Crippen LogP contribution >= 0.6 is 11.6 Å². The number of aromatic nitrogens is 4. The van der Waals surface area contributed by atoms with Gasteiger partial charge in [0.25, 0.3) is 0 Å². The van der Waals surface area contributed by atoms with Crippen molar-refractivity contribution in [3.05, 3.63) is 74.7 Å². The number of fused-ring (bicyclic) bond motifs is 2. The second-order valence-electron chi connectivity index (χ2n) is 8.16. The third-order valence-corrected chi connectivity index (χ3v) is 6.20. The highest BCUT2D eigenvalue weighted by Gasteiger charge is 2.18. The molecule has 0 unspecified atom stereocenters. The van der Waals surface area contributed by atoms with Gasteiger partial charge in [-0.2, -0.15) is 4.98 Å². The lowest BCUT2D eigenvalue weighted by Gasteiger charge is -2.25. The number of hydrogen-bond acceptors (Lipinski definition) is 7. The lowest BCUT2D eigenvalue weighted by molar-refractivity contribution is 0.313. The van der Waals surface area contributed by atoms with Gasteiger partial charge in [0, 0.05) is 32.0 Å². The number of benzene rings is 2. The van der Waals surface area contributed by atoms with E-state index in [0.29, 0.717) is 17.0 Å². The van der Waals surface area contributed by atoms with E-state index in [-0.39, 0.29) is 21.9 Å². The number of aromatic hydroxyl groups is 1. The zero-order valence-electron chi connectivity index (χ0n) is 18.1. The third-order valence-electron chi connectivity index (χ3n) is 5.90. The minimum Gasteiger partial charge on any atom is -0.506 e. The SMILES string of the molecule is CN1CCc2cc(Nc3ncc4c(=N)n(-c5c(O)cccc5Cl)c(=O)n(C)c4n3)ccc2C1. The quantitative estimate of drug-likeness (QED) is 0.430. The van der Waals surface area contributed by atoms with Crippen LogP contribution in [-0.2, 0) is 20.0 Å². The molecular formula is C23H22ClN7O2. The van der Waals surface area contributed by atoms with Gasteiger partial charge in [-0.25, -0.2) is 14.3 Å².